The number of carbonyl (C=O) groups excluding carboxylic acids is 4. The summed E-state index contributed by atoms with van der Waals surface area (Å²) >= 11 is 0. The topological polar surface area (TPSA) is 142 Å². The number of Topliss-reactive ketones (excluding diaryl/α,β-unsaturated/α-hetero) is 4. The van der Waals surface area contributed by atoms with Gasteiger partial charge in [0.2, 0.25) is 0 Å². The standard InChI is InChI=1S/C48H50O12/c1-53-41-17-13-31(25-45(41)57-5)37(49)21-35(22-38(50)32-14-18-42(54-2)46(26-32)58-6)29-9-11-30(12-10-29)36(23-39(51)33-15-19-43(55-3)47(27-33)59-7)24-40(52)34-16-20-44(56-4)48(28-34)60-8/h9-20,25-28,35-36H,21-24H2,1-8H3. The third-order valence-electron chi connectivity index (χ3n) is 10.4. The molecule has 0 amide bonds. The van der Waals surface area contributed by atoms with Gasteiger partial charge in [0.15, 0.2) is 69.1 Å². The van der Waals surface area contributed by atoms with Crippen LogP contribution in [0.25, 0.3) is 0 Å². The van der Waals surface area contributed by atoms with E-state index in [2.05, 4.69) is 0 Å². The van der Waals surface area contributed by atoms with E-state index in [0.717, 1.165) is 11.1 Å². The smallest absolute Gasteiger partial charge is 0.163 e. The maximum absolute atomic E-state index is 13.9. The van der Waals surface area contributed by atoms with Crippen molar-refractivity contribution in [3.63, 3.8) is 0 Å². The number of hydrogen-bond donors (Lipinski definition) is 0. The molecular formula is C48H50O12. The summed E-state index contributed by atoms with van der Waals surface area (Å²) in [7, 11) is 12.0. The van der Waals surface area contributed by atoms with Crippen LogP contribution in [0, 0.1) is 0 Å². The van der Waals surface area contributed by atoms with Crippen molar-refractivity contribution in [1.29, 1.82) is 0 Å². The summed E-state index contributed by atoms with van der Waals surface area (Å²) in [5.74, 6) is 1.61. The zero-order valence-corrected chi connectivity index (χ0v) is 35.1. The molecule has 12 heteroatoms. The van der Waals surface area contributed by atoms with E-state index in [1.807, 2.05) is 24.3 Å². The van der Waals surface area contributed by atoms with Crippen LogP contribution in [0.15, 0.2) is 97.1 Å². The molecule has 5 rings (SSSR count). The summed E-state index contributed by atoms with van der Waals surface area (Å²) < 4.78 is 43.2. The van der Waals surface area contributed by atoms with Gasteiger partial charge in [0, 0.05) is 47.9 Å². The highest BCUT2D eigenvalue weighted by atomic mass is 16.5. The molecule has 0 saturated heterocycles. The Morgan fingerprint density at radius 3 is 0.700 bits per heavy atom. The molecule has 0 N–H and O–H groups in total. The Labute approximate surface area is 350 Å². The summed E-state index contributed by atoms with van der Waals surface area (Å²) in [6.45, 7) is 0. The van der Waals surface area contributed by atoms with E-state index < -0.39 is 11.8 Å². The molecule has 0 saturated carbocycles. The van der Waals surface area contributed by atoms with Gasteiger partial charge in [-0.3, -0.25) is 19.2 Å². The molecule has 0 aliphatic carbocycles. The van der Waals surface area contributed by atoms with Crippen LogP contribution in [0.5, 0.6) is 46.0 Å². The Morgan fingerprint density at radius 2 is 0.517 bits per heavy atom. The number of benzene rings is 5. The highest BCUT2D eigenvalue weighted by Crippen LogP contribution is 2.37. The van der Waals surface area contributed by atoms with E-state index in [1.165, 1.54) is 56.9 Å². The van der Waals surface area contributed by atoms with E-state index in [4.69, 9.17) is 37.9 Å². The molecule has 0 aromatic heterocycles. The van der Waals surface area contributed by atoms with Crippen LogP contribution in [0.4, 0.5) is 0 Å². The van der Waals surface area contributed by atoms with Crippen molar-refractivity contribution < 1.29 is 57.1 Å². The van der Waals surface area contributed by atoms with Crippen molar-refractivity contribution in [3.8, 4) is 46.0 Å². The number of rotatable bonds is 22. The van der Waals surface area contributed by atoms with Crippen LogP contribution in [0.1, 0.15) is 90.1 Å². The molecule has 0 spiro atoms. The molecule has 0 fully saturated rings. The van der Waals surface area contributed by atoms with Gasteiger partial charge < -0.3 is 37.9 Å². The van der Waals surface area contributed by atoms with E-state index in [1.54, 1.807) is 72.8 Å². The van der Waals surface area contributed by atoms with Gasteiger partial charge in [0.25, 0.3) is 0 Å². The number of ketones is 4. The molecule has 12 nitrogen and oxygen atoms in total. The predicted octanol–water partition coefficient (Wildman–Crippen LogP) is 9.01. The maximum Gasteiger partial charge on any atom is 0.163 e. The van der Waals surface area contributed by atoms with Gasteiger partial charge >= 0.3 is 0 Å². The highest BCUT2D eigenvalue weighted by molar-refractivity contribution is 6.01. The van der Waals surface area contributed by atoms with Crippen molar-refractivity contribution >= 4 is 23.1 Å². The number of methoxy groups -OCH3 is 8. The monoisotopic (exact) mass is 818 g/mol. The third kappa shape index (κ3) is 10.4. The molecule has 0 aliphatic heterocycles. The molecule has 0 atom stereocenters. The van der Waals surface area contributed by atoms with E-state index in [9.17, 15) is 19.2 Å². The first kappa shape index (κ1) is 44.3. The van der Waals surface area contributed by atoms with Crippen molar-refractivity contribution in [2.24, 2.45) is 0 Å². The van der Waals surface area contributed by atoms with Crippen molar-refractivity contribution in [2.45, 2.75) is 37.5 Å². The largest absolute Gasteiger partial charge is 0.493 e. The van der Waals surface area contributed by atoms with E-state index in [0.29, 0.717) is 68.2 Å². The Hall–Kier alpha value is -6.82. The molecule has 5 aromatic carbocycles. The third-order valence-corrected chi connectivity index (χ3v) is 10.4. The normalized spacial score (nSPS) is 10.8. The number of hydrogen-bond acceptors (Lipinski definition) is 12. The lowest BCUT2D eigenvalue weighted by Gasteiger charge is -2.20. The Bertz CT molecular complexity index is 2010. The second-order valence-corrected chi connectivity index (χ2v) is 13.8. The SMILES string of the molecule is COc1ccc(C(=O)CC(CC(=O)c2ccc(OC)c(OC)c2)c2ccc(C(CC(=O)c3ccc(OC)c(OC)c3)CC(=O)c3ccc(OC)c(OC)c3)cc2)cc1OC. The van der Waals surface area contributed by atoms with Crippen LogP contribution in [0.3, 0.4) is 0 Å². The van der Waals surface area contributed by atoms with Gasteiger partial charge in [0.05, 0.1) is 56.9 Å². The molecular weight excluding hydrogens is 769 g/mol. The van der Waals surface area contributed by atoms with Crippen LogP contribution in [-0.4, -0.2) is 80.0 Å². The summed E-state index contributed by atoms with van der Waals surface area (Å²) in [5, 5.41) is 0. The van der Waals surface area contributed by atoms with Gasteiger partial charge in [-0.1, -0.05) is 24.3 Å². The summed E-state index contributed by atoms with van der Waals surface area (Å²) in [6, 6.07) is 27.2. The number of ether oxygens (including phenoxy) is 8. The number of carbonyl (C=O) groups is 4. The fourth-order valence-corrected chi connectivity index (χ4v) is 7.06. The van der Waals surface area contributed by atoms with Crippen LogP contribution in [0.2, 0.25) is 0 Å². The van der Waals surface area contributed by atoms with Crippen molar-refractivity contribution in [3.05, 3.63) is 130 Å². The van der Waals surface area contributed by atoms with Crippen LogP contribution >= 0.6 is 0 Å². The quantitative estimate of drug-likeness (QED) is 0.0615. The molecule has 0 radical (unpaired) electrons. The Kier molecular flexibility index (Phi) is 15.3. The zero-order valence-electron chi connectivity index (χ0n) is 35.1. The van der Waals surface area contributed by atoms with Gasteiger partial charge in [-0.05, 0) is 95.8 Å². The van der Waals surface area contributed by atoms with Crippen LogP contribution < -0.4 is 37.9 Å². The maximum atomic E-state index is 13.9. The van der Waals surface area contributed by atoms with Crippen molar-refractivity contribution in [1.82, 2.24) is 0 Å². The Balaban J connectivity index is 1.50. The second kappa shape index (κ2) is 20.7. The average molecular weight is 819 g/mol. The van der Waals surface area contributed by atoms with Crippen LogP contribution in [-0.2, 0) is 0 Å². The summed E-state index contributed by atoms with van der Waals surface area (Å²) in [6.07, 6.45) is -0.0283. The minimum Gasteiger partial charge on any atom is -0.493 e. The fourth-order valence-electron chi connectivity index (χ4n) is 7.06. The highest BCUT2D eigenvalue weighted by Gasteiger charge is 2.26. The molecule has 0 heterocycles. The first-order chi connectivity index (χ1) is 29.0. The minimum absolute atomic E-state index is 0.00708. The average Bonchev–Trinajstić information content (AvgIpc) is 3.29. The molecule has 314 valence electrons. The lowest BCUT2D eigenvalue weighted by Crippen LogP contribution is -2.15. The van der Waals surface area contributed by atoms with Gasteiger partial charge in [0.1, 0.15) is 0 Å². The van der Waals surface area contributed by atoms with Crippen molar-refractivity contribution in [2.75, 3.05) is 56.9 Å². The molecule has 0 unspecified atom stereocenters. The molecule has 60 heavy (non-hydrogen) atoms. The fraction of sp³-hybridized carbons (Fsp3) is 0.292. The lowest BCUT2D eigenvalue weighted by atomic mass is 9.83. The van der Waals surface area contributed by atoms with Gasteiger partial charge in [-0.25, -0.2) is 0 Å². The molecule has 5 aromatic rings. The Morgan fingerprint density at radius 1 is 0.317 bits per heavy atom. The van der Waals surface area contributed by atoms with E-state index in [-0.39, 0.29) is 48.8 Å². The molecule has 0 bridgehead atoms. The van der Waals surface area contributed by atoms with Gasteiger partial charge in [-0.2, -0.15) is 0 Å². The van der Waals surface area contributed by atoms with E-state index >= 15 is 0 Å². The zero-order chi connectivity index (χ0) is 43.3. The first-order valence-electron chi connectivity index (χ1n) is 19.1. The molecule has 0 aliphatic rings. The minimum atomic E-state index is -0.555. The first-order valence-corrected chi connectivity index (χ1v) is 19.1. The summed E-state index contributed by atoms with van der Waals surface area (Å²) in [5.41, 5.74) is 3.03. The van der Waals surface area contributed by atoms with Gasteiger partial charge in [-0.15, -0.1) is 0 Å². The predicted molar refractivity (Wildman–Crippen MR) is 226 cm³/mol. The lowest BCUT2D eigenvalue weighted by molar-refractivity contribution is 0.0927. The summed E-state index contributed by atoms with van der Waals surface area (Å²) in [4.78, 5) is 55.6. The second-order valence-electron chi connectivity index (χ2n) is 13.8.